The molecule has 0 saturated carbocycles. The van der Waals surface area contributed by atoms with E-state index < -0.39 is 34.4 Å². The number of carbonyl (C=O) groups excluding carboxylic acids is 3. The Bertz CT molecular complexity index is 990. The number of nitrogens with one attached hydrogen (secondary N) is 2. The van der Waals surface area contributed by atoms with Crippen LogP contribution in [0.5, 0.6) is 0 Å². The molecule has 0 aliphatic heterocycles. The molecular weight excluding hydrogens is 430 g/mol. The van der Waals surface area contributed by atoms with Gasteiger partial charge in [-0.25, -0.2) is 13.1 Å². The van der Waals surface area contributed by atoms with E-state index in [0.29, 0.717) is 0 Å². The molecule has 0 saturated heterocycles. The summed E-state index contributed by atoms with van der Waals surface area (Å²) in [4.78, 5) is 34.6. The summed E-state index contributed by atoms with van der Waals surface area (Å²) in [7, 11) is -3.82. The smallest absolute Gasteiger partial charge is 0.307 e. The molecule has 12 heteroatoms. The van der Waals surface area contributed by atoms with Crippen LogP contribution in [0.3, 0.4) is 0 Å². The van der Waals surface area contributed by atoms with E-state index in [0.717, 1.165) is 11.3 Å². The average molecular weight is 446 g/mol. The van der Waals surface area contributed by atoms with Gasteiger partial charge in [-0.15, -0.1) is 11.3 Å². The van der Waals surface area contributed by atoms with Gasteiger partial charge >= 0.3 is 5.97 Å². The summed E-state index contributed by atoms with van der Waals surface area (Å²) in [5, 5.41) is 4.50. The van der Waals surface area contributed by atoms with Crippen molar-refractivity contribution in [2.75, 3.05) is 18.5 Å². The fourth-order valence-corrected chi connectivity index (χ4v) is 4.13. The first-order valence-corrected chi connectivity index (χ1v) is 10.5. The molecule has 9 nitrogen and oxygen atoms in total. The molecule has 150 valence electrons. The van der Waals surface area contributed by atoms with Crippen molar-refractivity contribution in [3.8, 4) is 0 Å². The predicted octanol–water partition coefficient (Wildman–Crippen LogP) is 1.35. The Kier molecular flexibility index (Phi) is 7.52. The monoisotopic (exact) mass is 445 g/mol. The van der Waals surface area contributed by atoms with Gasteiger partial charge in [-0.2, -0.15) is 0 Å². The van der Waals surface area contributed by atoms with Crippen LogP contribution < -0.4 is 15.8 Å². The minimum Gasteiger partial charge on any atom is -0.456 e. The molecule has 1 heterocycles. The number of esters is 1. The van der Waals surface area contributed by atoms with E-state index in [-0.39, 0.29) is 33.4 Å². The van der Waals surface area contributed by atoms with Crippen molar-refractivity contribution in [3.63, 3.8) is 0 Å². The second kappa shape index (κ2) is 9.64. The molecule has 0 spiro atoms. The third-order valence-electron chi connectivity index (χ3n) is 3.28. The summed E-state index contributed by atoms with van der Waals surface area (Å²) >= 11 is 6.85. The maximum Gasteiger partial charge on any atom is 0.307 e. The van der Waals surface area contributed by atoms with E-state index in [2.05, 4.69) is 10.0 Å². The van der Waals surface area contributed by atoms with Crippen LogP contribution in [0.1, 0.15) is 16.8 Å². The zero-order valence-electron chi connectivity index (χ0n) is 14.3. The molecule has 2 rings (SSSR count). The first kappa shape index (κ1) is 21.8. The lowest BCUT2D eigenvalue weighted by atomic mass is 10.3. The van der Waals surface area contributed by atoms with Crippen molar-refractivity contribution in [1.29, 1.82) is 0 Å². The summed E-state index contributed by atoms with van der Waals surface area (Å²) in [5.74, 6) is -2.12. The Morgan fingerprint density at radius 2 is 1.96 bits per heavy atom. The van der Waals surface area contributed by atoms with Gasteiger partial charge in [-0.05, 0) is 29.6 Å². The Labute approximate surface area is 169 Å². The molecule has 0 aliphatic carbocycles. The highest BCUT2D eigenvalue weighted by atomic mass is 35.5. The Morgan fingerprint density at radius 3 is 2.64 bits per heavy atom. The highest BCUT2D eigenvalue weighted by Gasteiger charge is 2.16. The number of nitrogens with two attached hydrogens (primary N) is 1. The zero-order valence-corrected chi connectivity index (χ0v) is 16.7. The van der Waals surface area contributed by atoms with Gasteiger partial charge in [0, 0.05) is 11.6 Å². The number of primary amides is 1. The predicted molar refractivity (Wildman–Crippen MR) is 104 cm³/mol. The standard InChI is InChI=1S/C16H16ClN3O6S2/c17-10-2-1-3-11(8-10)28(24,25)19-6-4-14(22)26-9-13(21)20-16-12(15(18)23)5-7-27-16/h1-3,5,7-8,19H,4,6,9H2,(H2,18,23)(H,20,21). The number of amides is 2. The molecule has 2 aromatic rings. The lowest BCUT2D eigenvalue weighted by Crippen LogP contribution is -2.28. The molecule has 2 amide bonds. The molecule has 0 unspecified atom stereocenters. The lowest BCUT2D eigenvalue weighted by Gasteiger charge is -2.08. The lowest BCUT2D eigenvalue weighted by molar-refractivity contribution is -0.147. The van der Waals surface area contributed by atoms with E-state index in [1.165, 1.54) is 30.3 Å². The van der Waals surface area contributed by atoms with Gasteiger partial charge in [0.25, 0.3) is 11.8 Å². The molecule has 0 aliphatic rings. The number of hydrogen-bond donors (Lipinski definition) is 3. The largest absolute Gasteiger partial charge is 0.456 e. The van der Waals surface area contributed by atoms with E-state index in [9.17, 15) is 22.8 Å². The van der Waals surface area contributed by atoms with Crippen LogP contribution in [-0.2, 0) is 24.3 Å². The third kappa shape index (κ3) is 6.30. The van der Waals surface area contributed by atoms with Crippen molar-refractivity contribution in [3.05, 3.63) is 46.3 Å². The third-order valence-corrected chi connectivity index (χ3v) is 5.80. The Morgan fingerprint density at radius 1 is 1.21 bits per heavy atom. The van der Waals surface area contributed by atoms with Gasteiger partial charge in [0.1, 0.15) is 5.00 Å². The number of hydrogen-bond acceptors (Lipinski definition) is 7. The number of thiophene rings is 1. The molecular formula is C16H16ClN3O6S2. The normalized spacial score (nSPS) is 11.0. The highest BCUT2D eigenvalue weighted by molar-refractivity contribution is 7.89. The van der Waals surface area contributed by atoms with E-state index in [1.807, 2.05) is 0 Å². The van der Waals surface area contributed by atoms with Crippen molar-refractivity contribution in [1.82, 2.24) is 4.72 Å². The van der Waals surface area contributed by atoms with Gasteiger partial charge in [0.2, 0.25) is 10.0 Å². The fraction of sp³-hybridized carbons (Fsp3) is 0.188. The van der Waals surface area contributed by atoms with E-state index >= 15 is 0 Å². The topological polar surface area (TPSA) is 145 Å². The van der Waals surface area contributed by atoms with E-state index in [1.54, 1.807) is 5.38 Å². The van der Waals surface area contributed by atoms with Crippen LogP contribution in [0.25, 0.3) is 0 Å². The van der Waals surface area contributed by atoms with Crippen LogP contribution in [0.4, 0.5) is 5.00 Å². The molecule has 0 fully saturated rings. The van der Waals surface area contributed by atoms with Crippen LogP contribution in [0.2, 0.25) is 5.02 Å². The summed E-state index contributed by atoms with van der Waals surface area (Å²) in [6.45, 7) is -0.804. The quantitative estimate of drug-likeness (QED) is 0.497. The molecule has 0 radical (unpaired) electrons. The van der Waals surface area contributed by atoms with Gasteiger partial charge in [-0.3, -0.25) is 14.4 Å². The molecule has 1 aromatic heterocycles. The SMILES string of the molecule is NC(=O)c1ccsc1NC(=O)COC(=O)CCNS(=O)(=O)c1cccc(Cl)c1. The molecule has 0 bridgehead atoms. The van der Waals surface area contributed by atoms with Gasteiger partial charge in [0.05, 0.1) is 16.9 Å². The Balaban J connectivity index is 1.76. The minimum atomic E-state index is -3.82. The van der Waals surface area contributed by atoms with Crippen LogP contribution in [0.15, 0.2) is 40.6 Å². The maximum atomic E-state index is 12.1. The van der Waals surface area contributed by atoms with Gasteiger partial charge in [-0.1, -0.05) is 17.7 Å². The van der Waals surface area contributed by atoms with Crippen LogP contribution in [-0.4, -0.2) is 39.4 Å². The number of carbonyl (C=O) groups is 3. The zero-order chi connectivity index (χ0) is 20.7. The summed E-state index contributed by atoms with van der Waals surface area (Å²) in [6.07, 6.45) is -0.279. The summed E-state index contributed by atoms with van der Waals surface area (Å²) in [6, 6.07) is 7.12. The van der Waals surface area contributed by atoms with Gasteiger partial charge < -0.3 is 15.8 Å². The van der Waals surface area contributed by atoms with Gasteiger partial charge in [0.15, 0.2) is 6.61 Å². The van der Waals surface area contributed by atoms with Crippen molar-refractivity contribution >= 4 is 55.7 Å². The van der Waals surface area contributed by atoms with Crippen molar-refractivity contribution in [2.45, 2.75) is 11.3 Å². The van der Waals surface area contributed by atoms with Crippen LogP contribution in [0, 0.1) is 0 Å². The average Bonchev–Trinajstić information content (AvgIpc) is 3.08. The highest BCUT2D eigenvalue weighted by Crippen LogP contribution is 2.22. The number of ether oxygens (including phenoxy) is 1. The number of rotatable bonds is 9. The number of sulfonamides is 1. The molecule has 0 atom stereocenters. The number of anilines is 1. The molecule has 1 aromatic carbocycles. The number of halogens is 1. The summed E-state index contributed by atoms with van der Waals surface area (Å²) in [5.41, 5.74) is 5.32. The Hall–Kier alpha value is -2.47. The van der Waals surface area contributed by atoms with E-state index in [4.69, 9.17) is 22.1 Å². The summed E-state index contributed by atoms with van der Waals surface area (Å²) < 4.78 is 31.2. The second-order valence-corrected chi connectivity index (χ2v) is 8.46. The van der Waals surface area contributed by atoms with Crippen molar-refractivity contribution in [2.24, 2.45) is 5.73 Å². The van der Waals surface area contributed by atoms with Crippen LogP contribution >= 0.6 is 22.9 Å². The molecule has 4 N–H and O–H groups in total. The van der Waals surface area contributed by atoms with Crippen molar-refractivity contribution < 1.29 is 27.5 Å². The fourth-order valence-electron chi connectivity index (χ4n) is 1.99. The maximum absolute atomic E-state index is 12.1. The first-order valence-electron chi connectivity index (χ1n) is 7.77. The number of benzene rings is 1. The first-order chi connectivity index (χ1) is 13.2. The molecule has 28 heavy (non-hydrogen) atoms. The minimum absolute atomic E-state index is 0.0334. The second-order valence-electron chi connectivity index (χ2n) is 5.34.